The summed E-state index contributed by atoms with van der Waals surface area (Å²) in [4.78, 5) is 13.0. The molecule has 0 bridgehead atoms. The van der Waals surface area contributed by atoms with Crippen molar-refractivity contribution in [2.75, 3.05) is 6.61 Å². The average Bonchev–Trinajstić information content (AvgIpc) is 2.83. The number of thiophene rings is 1. The van der Waals surface area contributed by atoms with Crippen LogP contribution in [0.2, 0.25) is 0 Å². The van der Waals surface area contributed by atoms with Crippen LogP contribution in [0.5, 0.6) is 0 Å². The Kier molecular flexibility index (Phi) is 5.85. The largest absolute Gasteiger partial charge is 0.466 e. The lowest BCUT2D eigenvalue weighted by Gasteiger charge is -2.27. The zero-order valence-corrected chi connectivity index (χ0v) is 13.6. The molecule has 0 saturated heterocycles. The average molecular weight is 346 g/mol. The summed E-state index contributed by atoms with van der Waals surface area (Å²) in [7, 11) is 0. The van der Waals surface area contributed by atoms with Crippen LogP contribution in [0.15, 0.2) is 15.9 Å². The first-order chi connectivity index (χ1) is 9.20. The van der Waals surface area contributed by atoms with E-state index in [1.54, 1.807) is 11.3 Å². The van der Waals surface area contributed by atoms with E-state index in [0.29, 0.717) is 12.6 Å². The predicted octanol–water partition coefficient (Wildman–Crippen LogP) is 3.72. The fourth-order valence-electron chi connectivity index (χ4n) is 2.48. The Morgan fingerprint density at radius 1 is 1.47 bits per heavy atom. The number of carbonyl (C=O) groups excluding carboxylic acids is 1. The van der Waals surface area contributed by atoms with Crippen molar-refractivity contribution in [3.8, 4) is 0 Å². The third-order valence-electron chi connectivity index (χ3n) is 3.59. The van der Waals surface area contributed by atoms with Crippen LogP contribution < -0.4 is 5.32 Å². The maximum absolute atomic E-state index is 11.6. The zero-order valence-electron chi connectivity index (χ0n) is 11.2. The molecule has 0 aliphatic heterocycles. The Balaban J connectivity index is 1.72. The maximum atomic E-state index is 11.6. The van der Waals surface area contributed by atoms with Gasteiger partial charge >= 0.3 is 5.97 Å². The van der Waals surface area contributed by atoms with Gasteiger partial charge in [0.2, 0.25) is 0 Å². The third kappa shape index (κ3) is 4.29. The maximum Gasteiger partial charge on any atom is 0.308 e. The highest BCUT2D eigenvalue weighted by atomic mass is 79.9. The SMILES string of the molecule is CCOC(=O)C1CCC(NCc2sccc2Br)CC1. The highest BCUT2D eigenvalue weighted by Gasteiger charge is 2.26. The molecule has 1 aromatic heterocycles. The van der Waals surface area contributed by atoms with Gasteiger partial charge in [-0.1, -0.05) is 0 Å². The second-order valence-corrected chi connectivity index (χ2v) is 6.73. The molecule has 0 radical (unpaired) electrons. The molecule has 0 aromatic carbocycles. The van der Waals surface area contributed by atoms with E-state index in [0.717, 1.165) is 32.2 Å². The first-order valence-electron chi connectivity index (χ1n) is 6.82. The number of halogens is 1. The molecule has 5 heteroatoms. The van der Waals surface area contributed by atoms with Gasteiger partial charge in [-0.2, -0.15) is 0 Å². The molecule has 0 unspecified atom stereocenters. The van der Waals surface area contributed by atoms with Crippen LogP contribution in [0.25, 0.3) is 0 Å². The number of esters is 1. The normalized spacial score (nSPS) is 23.3. The number of rotatable bonds is 5. The van der Waals surface area contributed by atoms with Gasteiger partial charge in [-0.05, 0) is 60.0 Å². The molecule has 1 aliphatic rings. The molecule has 0 amide bonds. The minimum Gasteiger partial charge on any atom is -0.466 e. The standard InChI is InChI=1S/C14H20BrNO2S/c1-2-18-14(17)10-3-5-11(6-4-10)16-9-13-12(15)7-8-19-13/h7-8,10-11,16H,2-6,9H2,1H3. The van der Waals surface area contributed by atoms with Gasteiger partial charge in [-0.15, -0.1) is 11.3 Å². The number of nitrogens with one attached hydrogen (secondary N) is 1. The van der Waals surface area contributed by atoms with Gasteiger partial charge in [0.15, 0.2) is 0 Å². The topological polar surface area (TPSA) is 38.3 Å². The van der Waals surface area contributed by atoms with Crippen LogP contribution >= 0.6 is 27.3 Å². The van der Waals surface area contributed by atoms with Gasteiger partial charge in [0, 0.05) is 21.9 Å². The minimum atomic E-state index is -0.0121. The fraction of sp³-hybridized carbons (Fsp3) is 0.643. The second-order valence-electron chi connectivity index (χ2n) is 4.87. The number of carbonyl (C=O) groups is 1. The van der Waals surface area contributed by atoms with Gasteiger partial charge in [-0.25, -0.2) is 0 Å². The van der Waals surface area contributed by atoms with E-state index in [1.807, 2.05) is 6.92 Å². The van der Waals surface area contributed by atoms with Crippen LogP contribution in [-0.2, 0) is 16.1 Å². The monoisotopic (exact) mass is 345 g/mol. The molecule has 19 heavy (non-hydrogen) atoms. The molecule has 1 N–H and O–H groups in total. The third-order valence-corrected chi connectivity index (χ3v) is 5.52. The van der Waals surface area contributed by atoms with Gasteiger partial charge in [0.05, 0.1) is 12.5 Å². The Hall–Kier alpha value is -0.390. The van der Waals surface area contributed by atoms with E-state index in [2.05, 4.69) is 32.7 Å². The summed E-state index contributed by atoms with van der Waals surface area (Å²) in [5.41, 5.74) is 0. The highest BCUT2D eigenvalue weighted by Crippen LogP contribution is 2.27. The summed E-state index contributed by atoms with van der Waals surface area (Å²) in [5.74, 6) is 0.105. The molecular formula is C14H20BrNO2S. The Morgan fingerprint density at radius 2 is 2.21 bits per heavy atom. The summed E-state index contributed by atoms with van der Waals surface area (Å²) in [6.45, 7) is 3.26. The number of hydrogen-bond acceptors (Lipinski definition) is 4. The summed E-state index contributed by atoms with van der Waals surface area (Å²) >= 11 is 5.31. The smallest absolute Gasteiger partial charge is 0.308 e. The van der Waals surface area contributed by atoms with Crippen molar-refractivity contribution in [3.63, 3.8) is 0 Å². The molecule has 3 nitrogen and oxygen atoms in total. The van der Waals surface area contributed by atoms with Gasteiger partial charge < -0.3 is 10.1 Å². The Bertz CT molecular complexity index is 413. The van der Waals surface area contributed by atoms with Gasteiger partial charge in [0.1, 0.15) is 0 Å². The van der Waals surface area contributed by atoms with Crippen molar-refractivity contribution in [1.29, 1.82) is 0 Å². The molecule has 1 aliphatic carbocycles. The van der Waals surface area contributed by atoms with Crippen molar-refractivity contribution in [2.45, 2.75) is 45.2 Å². The van der Waals surface area contributed by atoms with E-state index in [9.17, 15) is 4.79 Å². The number of ether oxygens (including phenoxy) is 1. The van der Waals surface area contributed by atoms with Crippen molar-refractivity contribution >= 4 is 33.2 Å². The van der Waals surface area contributed by atoms with Crippen LogP contribution in [-0.4, -0.2) is 18.6 Å². The predicted molar refractivity (Wildman–Crippen MR) is 81.2 cm³/mol. The van der Waals surface area contributed by atoms with Crippen LogP contribution in [0.3, 0.4) is 0 Å². The summed E-state index contributed by atoms with van der Waals surface area (Å²) < 4.78 is 6.27. The van der Waals surface area contributed by atoms with Crippen LogP contribution in [0, 0.1) is 5.92 Å². The molecular weight excluding hydrogens is 326 g/mol. The minimum absolute atomic E-state index is 0.0121. The van der Waals surface area contributed by atoms with Crippen LogP contribution in [0.1, 0.15) is 37.5 Å². The van der Waals surface area contributed by atoms with Gasteiger partial charge in [-0.3, -0.25) is 4.79 Å². The van der Waals surface area contributed by atoms with Gasteiger partial charge in [0.25, 0.3) is 0 Å². The van der Waals surface area contributed by atoms with E-state index < -0.39 is 0 Å². The lowest BCUT2D eigenvalue weighted by molar-refractivity contribution is -0.149. The van der Waals surface area contributed by atoms with E-state index in [1.165, 1.54) is 9.35 Å². The quantitative estimate of drug-likeness (QED) is 0.826. The van der Waals surface area contributed by atoms with Crippen molar-refractivity contribution < 1.29 is 9.53 Å². The Morgan fingerprint density at radius 3 is 2.79 bits per heavy atom. The van der Waals surface area contributed by atoms with Crippen molar-refractivity contribution in [1.82, 2.24) is 5.32 Å². The molecule has 2 rings (SSSR count). The molecule has 1 aromatic rings. The molecule has 0 atom stereocenters. The summed E-state index contributed by atoms with van der Waals surface area (Å²) in [6, 6.07) is 2.61. The molecule has 1 heterocycles. The first-order valence-corrected chi connectivity index (χ1v) is 8.49. The summed E-state index contributed by atoms with van der Waals surface area (Å²) in [5, 5.41) is 5.68. The Labute approximate surface area is 126 Å². The number of hydrogen-bond donors (Lipinski definition) is 1. The van der Waals surface area contributed by atoms with E-state index in [-0.39, 0.29) is 11.9 Å². The van der Waals surface area contributed by atoms with E-state index >= 15 is 0 Å². The molecule has 1 saturated carbocycles. The summed E-state index contributed by atoms with van der Waals surface area (Å²) in [6.07, 6.45) is 4.02. The van der Waals surface area contributed by atoms with Crippen molar-refractivity contribution in [2.24, 2.45) is 5.92 Å². The molecule has 0 spiro atoms. The van der Waals surface area contributed by atoms with E-state index in [4.69, 9.17) is 4.74 Å². The molecule has 106 valence electrons. The highest BCUT2D eigenvalue weighted by molar-refractivity contribution is 9.10. The first kappa shape index (κ1) is 15.0. The second kappa shape index (κ2) is 7.41. The lowest BCUT2D eigenvalue weighted by atomic mass is 9.86. The fourth-order valence-corrected chi connectivity index (χ4v) is 3.92. The van der Waals surface area contributed by atoms with Crippen molar-refractivity contribution in [3.05, 3.63) is 20.8 Å². The molecule has 1 fully saturated rings. The lowest BCUT2D eigenvalue weighted by Crippen LogP contribution is -2.34. The zero-order chi connectivity index (χ0) is 13.7. The van der Waals surface area contributed by atoms with Crippen LogP contribution in [0.4, 0.5) is 0 Å².